The van der Waals surface area contributed by atoms with Crippen molar-refractivity contribution in [3.05, 3.63) is 11.1 Å². The second kappa shape index (κ2) is 3.20. The zero-order chi connectivity index (χ0) is 6.69. The average Bonchev–Trinajstić information content (AvgIpc) is 1.90. The molecule has 0 fully saturated rings. The van der Waals surface area contributed by atoms with Gasteiger partial charge in [-0.05, 0) is 19.3 Å². The fourth-order valence-electron chi connectivity index (χ4n) is 0.954. The lowest BCUT2D eigenvalue weighted by Crippen LogP contribution is -2.35. The molecular weight excluding hydrogens is 136 g/mol. The molecule has 0 aromatic rings. The van der Waals surface area contributed by atoms with Gasteiger partial charge in [-0.25, -0.2) is 0 Å². The second-order valence-corrected chi connectivity index (χ2v) is 2.77. The Balaban J connectivity index is 2.36. The van der Waals surface area contributed by atoms with Crippen molar-refractivity contribution >= 4 is 11.6 Å². The quantitative estimate of drug-likeness (QED) is 0.430. The Morgan fingerprint density at radius 2 is 2.56 bits per heavy atom. The minimum atomic E-state index is 0.437. The van der Waals surface area contributed by atoms with Gasteiger partial charge >= 0.3 is 0 Å². The van der Waals surface area contributed by atoms with E-state index in [-0.39, 0.29) is 0 Å². The van der Waals surface area contributed by atoms with E-state index in [1.807, 2.05) is 6.08 Å². The van der Waals surface area contributed by atoms with Crippen molar-refractivity contribution in [1.29, 1.82) is 0 Å². The molecule has 3 heteroatoms. The van der Waals surface area contributed by atoms with Crippen LogP contribution in [0.2, 0.25) is 0 Å². The number of allylic oxidation sites excluding steroid dienone is 1. The molecule has 3 N–H and O–H groups in total. The third kappa shape index (κ3) is 1.97. The van der Waals surface area contributed by atoms with Crippen molar-refractivity contribution in [2.24, 2.45) is 5.84 Å². The second-order valence-electron chi connectivity index (χ2n) is 2.29. The van der Waals surface area contributed by atoms with Gasteiger partial charge in [0, 0.05) is 11.1 Å². The summed E-state index contributed by atoms with van der Waals surface area (Å²) in [7, 11) is 0. The van der Waals surface area contributed by atoms with Gasteiger partial charge in [-0.3, -0.25) is 11.3 Å². The van der Waals surface area contributed by atoms with Crippen LogP contribution in [0.3, 0.4) is 0 Å². The first kappa shape index (κ1) is 7.06. The maximum absolute atomic E-state index is 5.73. The molecule has 0 aromatic carbocycles. The molecule has 1 aliphatic carbocycles. The molecule has 1 rings (SSSR count). The van der Waals surface area contributed by atoms with E-state index in [0.29, 0.717) is 6.04 Å². The van der Waals surface area contributed by atoms with Crippen molar-refractivity contribution in [2.45, 2.75) is 25.3 Å². The van der Waals surface area contributed by atoms with E-state index in [9.17, 15) is 0 Å². The monoisotopic (exact) mass is 146 g/mol. The predicted molar refractivity (Wildman–Crippen MR) is 38.9 cm³/mol. The van der Waals surface area contributed by atoms with Crippen molar-refractivity contribution in [3.8, 4) is 0 Å². The normalized spacial score (nSPS) is 27.8. The SMILES string of the molecule is NNC1CC=C(Cl)CC1. The molecule has 0 saturated carbocycles. The number of hydrazine groups is 1. The summed E-state index contributed by atoms with van der Waals surface area (Å²) in [6.07, 6.45) is 5.02. The zero-order valence-corrected chi connectivity index (χ0v) is 5.99. The Kier molecular flexibility index (Phi) is 2.51. The molecule has 0 radical (unpaired) electrons. The highest BCUT2D eigenvalue weighted by atomic mass is 35.5. The Hall–Kier alpha value is -0.0500. The third-order valence-electron chi connectivity index (χ3n) is 1.59. The molecule has 0 spiro atoms. The molecule has 1 atom stereocenters. The van der Waals surface area contributed by atoms with Crippen molar-refractivity contribution in [1.82, 2.24) is 5.43 Å². The first-order valence-electron chi connectivity index (χ1n) is 3.13. The van der Waals surface area contributed by atoms with Gasteiger partial charge in [0.15, 0.2) is 0 Å². The Morgan fingerprint density at radius 3 is 3.00 bits per heavy atom. The average molecular weight is 147 g/mol. The molecule has 0 aliphatic heterocycles. The summed E-state index contributed by atoms with van der Waals surface area (Å²) in [6, 6.07) is 0.437. The van der Waals surface area contributed by atoms with E-state index in [4.69, 9.17) is 17.4 Å². The van der Waals surface area contributed by atoms with Crippen molar-refractivity contribution in [2.75, 3.05) is 0 Å². The van der Waals surface area contributed by atoms with Crippen molar-refractivity contribution in [3.63, 3.8) is 0 Å². The standard InChI is InChI=1S/C6H11ClN2/c7-5-1-3-6(9-8)4-2-5/h1,6,9H,2-4,8H2. The lowest BCUT2D eigenvalue weighted by atomic mass is 10.0. The maximum atomic E-state index is 5.73. The smallest absolute Gasteiger partial charge is 0.0249 e. The maximum Gasteiger partial charge on any atom is 0.0249 e. The first-order chi connectivity index (χ1) is 4.33. The van der Waals surface area contributed by atoms with Crippen LogP contribution in [0, 0.1) is 0 Å². The molecule has 0 amide bonds. The van der Waals surface area contributed by atoms with Gasteiger partial charge in [-0.2, -0.15) is 0 Å². The highest BCUT2D eigenvalue weighted by molar-refractivity contribution is 6.29. The van der Waals surface area contributed by atoms with Crippen LogP contribution in [0.15, 0.2) is 11.1 Å². The molecule has 1 unspecified atom stereocenters. The number of nitrogens with two attached hydrogens (primary N) is 1. The zero-order valence-electron chi connectivity index (χ0n) is 5.23. The summed E-state index contributed by atoms with van der Waals surface area (Å²) in [5, 5.41) is 0.974. The lowest BCUT2D eigenvalue weighted by molar-refractivity contribution is 0.486. The van der Waals surface area contributed by atoms with Crippen molar-refractivity contribution < 1.29 is 0 Å². The van der Waals surface area contributed by atoms with Crippen LogP contribution in [-0.2, 0) is 0 Å². The fraction of sp³-hybridized carbons (Fsp3) is 0.667. The van der Waals surface area contributed by atoms with Gasteiger partial charge in [0.05, 0.1) is 0 Å². The van der Waals surface area contributed by atoms with Gasteiger partial charge < -0.3 is 0 Å². The van der Waals surface area contributed by atoms with E-state index < -0.39 is 0 Å². The minimum Gasteiger partial charge on any atom is -0.271 e. The summed E-state index contributed by atoms with van der Waals surface area (Å²) in [6.45, 7) is 0. The molecule has 52 valence electrons. The van der Waals surface area contributed by atoms with Crippen LogP contribution >= 0.6 is 11.6 Å². The number of hydrogen-bond donors (Lipinski definition) is 2. The lowest BCUT2D eigenvalue weighted by Gasteiger charge is -2.17. The molecule has 0 aromatic heterocycles. The molecule has 1 aliphatic rings. The van der Waals surface area contributed by atoms with Gasteiger partial charge in [0.1, 0.15) is 0 Å². The third-order valence-corrected chi connectivity index (χ3v) is 1.93. The summed E-state index contributed by atoms with van der Waals surface area (Å²) < 4.78 is 0. The Labute approximate surface area is 60.0 Å². The first-order valence-corrected chi connectivity index (χ1v) is 3.51. The van der Waals surface area contributed by atoms with Crippen LogP contribution < -0.4 is 11.3 Å². The molecule has 0 bridgehead atoms. The van der Waals surface area contributed by atoms with Crippen LogP contribution in [-0.4, -0.2) is 6.04 Å². The molecule has 2 nitrogen and oxygen atoms in total. The summed E-state index contributed by atoms with van der Waals surface area (Å²) >= 11 is 5.73. The van der Waals surface area contributed by atoms with E-state index in [1.54, 1.807) is 0 Å². The summed E-state index contributed by atoms with van der Waals surface area (Å²) in [5.74, 6) is 5.23. The Morgan fingerprint density at radius 1 is 1.78 bits per heavy atom. The highest BCUT2D eigenvalue weighted by Gasteiger charge is 2.10. The minimum absolute atomic E-state index is 0.437. The van der Waals surface area contributed by atoms with E-state index in [0.717, 1.165) is 24.3 Å². The van der Waals surface area contributed by atoms with Gasteiger partial charge in [-0.1, -0.05) is 17.7 Å². The van der Waals surface area contributed by atoms with Gasteiger partial charge in [-0.15, -0.1) is 0 Å². The topological polar surface area (TPSA) is 38.0 Å². The van der Waals surface area contributed by atoms with Gasteiger partial charge in [0.2, 0.25) is 0 Å². The van der Waals surface area contributed by atoms with E-state index in [1.165, 1.54) is 0 Å². The number of halogens is 1. The van der Waals surface area contributed by atoms with Crippen LogP contribution in [0.4, 0.5) is 0 Å². The fourth-order valence-corrected chi connectivity index (χ4v) is 1.15. The van der Waals surface area contributed by atoms with Crippen LogP contribution in [0.5, 0.6) is 0 Å². The highest BCUT2D eigenvalue weighted by Crippen LogP contribution is 2.19. The van der Waals surface area contributed by atoms with Gasteiger partial charge in [0.25, 0.3) is 0 Å². The molecule has 0 saturated heterocycles. The molecular formula is C6H11ClN2. The predicted octanol–water partition coefficient (Wildman–Crippen LogP) is 1.12. The number of hydrogen-bond acceptors (Lipinski definition) is 2. The summed E-state index contributed by atoms with van der Waals surface area (Å²) in [5.41, 5.74) is 2.72. The Bertz CT molecular complexity index is 122. The van der Waals surface area contributed by atoms with E-state index in [2.05, 4.69) is 5.43 Å². The molecule has 0 heterocycles. The number of nitrogens with one attached hydrogen (secondary N) is 1. The van der Waals surface area contributed by atoms with E-state index >= 15 is 0 Å². The van der Waals surface area contributed by atoms with Crippen LogP contribution in [0.1, 0.15) is 19.3 Å². The molecule has 9 heavy (non-hydrogen) atoms. The number of rotatable bonds is 1. The van der Waals surface area contributed by atoms with Crippen LogP contribution in [0.25, 0.3) is 0 Å². The largest absolute Gasteiger partial charge is 0.271 e. The summed E-state index contributed by atoms with van der Waals surface area (Å²) in [4.78, 5) is 0.